The fraction of sp³-hybridized carbons (Fsp3) is 0.350. The Kier molecular flexibility index (Phi) is 12.4. The van der Waals surface area contributed by atoms with Crippen LogP contribution >= 0.6 is 23.2 Å². The van der Waals surface area contributed by atoms with Gasteiger partial charge in [-0.15, -0.1) is 0 Å². The molecule has 8 rings (SSSR count). The van der Waals surface area contributed by atoms with Crippen LogP contribution in [0.1, 0.15) is 25.7 Å². The molecule has 2 aliphatic heterocycles. The van der Waals surface area contributed by atoms with Crippen LogP contribution in [0.25, 0.3) is 44.3 Å². The molecule has 2 fully saturated rings. The SMILES string of the molecule is CN(C)S(=O)(=O)N1CCC(Nc2ncc3cc(-c4ccccc4Cl)c(=O)n(C)c3n2)CC1.Cn1c(=O)c(-c2ccccc2Cl)cc2cnc(NC3CCNCC3)nc21. The highest BCUT2D eigenvalue weighted by Crippen LogP contribution is 2.29. The Morgan fingerprint density at radius 1 is 0.690 bits per heavy atom. The van der Waals surface area contributed by atoms with Crippen molar-refractivity contribution in [2.75, 3.05) is 50.9 Å². The first kappa shape index (κ1) is 41.2. The summed E-state index contributed by atoms with van der Waals surface area (Å²) in [5.41, 5.74) is 3.22. The number of nitrogens with one attached hydrogen (secondary N) is 3. The van der Waals surface area contributed by atoms with E-state index in [0.717, 1.165) is 36.7 Å². The minimum Gasteiger partial charge on any atom is -0.351 e. The maximum atomic E-state index is 13.0. The summed E-state index contributed by atoms with van der Waals surface area (Å²) in [6, 6.07) is 18.5. The number of halogens is 2. The fourth-order valence-corrected chi connectivity index (χ4v) is 8.78. The first-order chi connectivity index (χ1) is 27.8. The van der Waals surface area contributed by atoms with Crippen molar-refractivity contribution in [3.63, 3.8) is 0 Å². The van der Waals surface area contributed by atoms with Crippen LogP contribution in [0.5, 0.6) is 0 Å². The molecule has 58 heavy (non-hydrogen) atoms. The summed E-state index contributed by atoms with van der Waals surface area (Å²) >= 11 is 12.6. The zero-order valence-electron chi connectivity index (χ0n) is 32.6. The van der Waals surface area contributed by atoms with E-state index in [-0.39, 0.29) is 17.2 Å². The van der Waals surface area contributed by atoms with E-state index in [4.69, 9.17) is 23.2 Å². The lowest BCUT2D eigenvalue weighted by atomic mass is 10.1. The quantitative estimate of drug-likeness (QED) is 0.185. The molecule has 0 spiro atoms. The lowest BCUT2D eigenvalue weighted by Gasteiger charge is -2.33. The smallest absolute Gasteiger partial charge is 0.281 e. The molecule has 6 aromatic rings. The van der Waals surface area contributed by atoms with E-state index >= 15 is 0 Å². The maximum absolute atomic E-state index is 13.0. The molecule has 6 heterocycles. The molecule has 0 radical (unpaired) electrons. The Bertz CT molecular complexity index is 2700. The number of fused-ring (bicyclic) bond motifs is 2. The number of nitrogens with zero attached hydrogens (tertiary/aromatic N) is 8. The van der Waals surface area contributed by atoms with Gasteiger partial charge in [-0.2, -0.15) is 27.0 Å². The largest absolute Gasteiger partial charge is 0.351 e. The Morgan fingerprint density at radius 3 is 1.55 bits per heavy atom. The van der Waals surface area contributed by atoms with Crippen molar-refractivity contribution in [3.05, 3.63) is 104 Å². The molecule has 0 saturated carbocycles. The van der Waals surface area contributed by atoms with E-state index in [9.17, 15) is 18.0 Å². The summed E-state index contributed by atoms with van der Waals surface area (Å²) in [4.78, 5) is 43.8. The van der Waals surface area contributed by atoms with E-state index in [1.54, 1.807) is 49.3 Å². The van der Waals surface area contributed by atoms with Gasteiger partial charge in [-0.05, 0) is 63.0 Å². The lowest BCUT2D eigenvalue weighted by molar-refractivity contribution is 0.310. The topological polar surface area (TPSA) is 172 Å². The molecular weight excluding hydrogens is 801 g/mol. The van der Waals surface area contributed by atoms with E-state index < -0.39 is 10.2 Å². The highest BCUT2D eigenvalue weighted by molar-refractivity contribution is 7.86. The Balaban J connectivity index is 0.000000180. The summed E-state index contributed by atoms with van der Waals surface area (Å²) in [6.45, 7) is 2.83. The van der Waals surface area contributed by atoms with Gasteiger partial charge in [-0.25, -0.2) is 9.97 Å². The van der Waals surface area contributed by atoms with Crippen LogP contribution in [0.3, 0.4) is 0 Å². The second-order valence-electron chi connectivity index (χ2n) is 14.5. The molecule has 0 bridgehead atoms. The van der Waals surface area contributed by atoms with Gasteiger partial charge < -0.3 is 16.0 Å². The predicted molar refractivity (Wildman–Crippen MR) is 231 cm³/mol. The van der Waals surface area contributed by atoms with E-state index in [1.807, 2.05) is 42.5 Å². The molecule has 0 unspecified atom stereocenters. The summed E-state index contributed by atoms with van der Waals surface area (Å²) < 4.78 is 30.3. The monoisotopic (exact) mass is 845 g/mol. The number of aromatic nitrogens is 6. The van der Waals surface area contributed by atoms with E-state index in [1.165, 1.54) is 27.3 Å². The molecule has 304 valence electrons. The van der Waals surface area contributed by atoms with Gasteiger partial charge in [-0.1, -0.05) is 59.6 Å². The molecule has 15 nitrogen and oxygen atoms in total. The second kappa shape index (κ2) is 17.5. The van der Waals surface area contributed by atoms with Crippen molar-refractivity contribution in [1.82, 2.24) is 43.0 Å². The number of anilines is 2. The normalized spacial score (nSPS) is 15.7. The van der Waals surface area contributed by atoms with Crippen molar-refractivity contribution >= 4 is 67.4 Å². The van der Waals surface area contributed by atoms with Crippen LogP contribution in [0.2, 0.25) is 10.0 Å². The number of pyridine rings is 2. The molecule has 2 aliphatic rings. The molecule has 0 amide bonds. The number of benzene rings is 2. The van der Waals surface area contributed by atoms with Crippen molar-refractivity contribution in [2.24, 2.45) is 14.1 Å². The van der Waals surface area contributed by atoms with Gasteiger partial charge in [0.05, 0.1) is 0 Å². The zero-order valence-corrected chi connectivity index (χ0v) is 34.9. The van der Waals surface area contributed by atoms with Crippen molar-refractivity contribution in [2.45, 2.75) is 37.8 Å². The third kappa shape index (κ3) is 8.72. The molecule has 0 atom stereocenters. The first-order valence-electron chi connectivity index (χ1n) is 19.0. The molecule has 0 aliphatic carbocycles. The minimum absolute atomic E-state index is 0.0421. The van der Waals surface area contributed by atoms with Gasteiger partial charge in [0.1, 0.15) is 11.3 Å². The minimum atomic E-state index is -3.41. The average Bonchev–Trinajstić information content (AvgIpc) is 3.22. The van der Waals surface area contributed by atoms with Gasteiger partial charge in [0.2, 0.25) is 11.9 Å². The Labute approximate surface area is 346 Å². The summed E-state index contributed by atoms with van der Waals surface area (Å²) in [5.74, 6) is 0.969. The van der Waals surface area contributed by atoms with Crippen LogP contribution < -0.4 is 27.1 Å². The highest BCUT2D eigenvalue weighted by Gasteiger charge is 2.30. The van der Waals surface area contributed by atoms with Crippen LogP contribution in [0.4, 0.5) is 11.9 Å². The molecular formula is C40H45Cl2N11O4S. The predicted octanol–water partition coefficient (Wildman–Crippen LogP) is 5.14. The number of hydrogen-bond acceptors (Lipinski definition) is 11. The van der Waals surface area contributed by atoms with E-state index in [2.05, 4.69) is 35.9 Å². The van der Waals surface area contributed by atoms with Gasteiger partial charge in [0, 0.05) is 109 Å². The Hall–Kier alpha value is -4.97. The summed E-state index contributed by atoms with van der Waals surface area (Å²) in [5, 5.41) is 12.6. The third-order valence-electron chi connectivity index (χ3n) is 10.5. The van der Waals surface area contributed by atoms with E-state index in [0.29, 0.717) is 87.5 Å². The van der Waals surface area contributed by atoms with Crippen LogP contribution in [-0.2, 0) is 24.3 Å². The number of piperidine rings is 2. The molecule has 2 saturated heterocycles. The van der Waals surface area contributed by atoms with Crippen LogP contribution in [0, 0.1) is 0 Å². The zero-order chi connectivity index (χ0) is 41.1. The summed E-state index contributed by atoms with van der Waals surface area (Å²) in [7, 11) is 3.06. The summed E-state index contributed by atoms with van der Waals surface area (Å²) in [6.07, 6.45) is 6.77. The first-order valence-corrected chi connectivity index (χ1v) is 21.1. The fourth-order valence-electron chi connectivity index (χ4n) is 7.17. The van der Waals surface area contributed by atoms with Gasteiger partial charge in [-0.3, -0.25) is 18.7 Å². The lowest BCUT2D eigenvalue weighted by Crippen LogP contribution is -2.46. The van der Waals surface area contributed by atoms with Crippen molar-refractivity contribution < 1.29 is 8.42 Å². The molecule has 2 aromatic carbocycles. The highest BCUT2D eigenvalue weighted by atomic mass is 35.5. The van der Waals surface area contributed by atoms with Crippen molar-refractivity contribution in [1.29, 1.82) is 0 Å². The average molecular weight is 847 g/mol. The maximum Gasteiger partial charge on any atom is 0.281 e. The van der Waals surface area contributed by atoms with Crippen molar-refractivity contribution in [3.8, 4) is 22.3 Å². The van der Waals surface area contributed by atoms with Gasteiger partial charge in [0.25, 0.3) is 21.3 Å². The number of aryl methyl sites for hydroxylation is 2. The number of rotatable bonds is 8. The van der Waals surface area contributed by atoms with Gasteiger partial charge >= 0.3 is 0 Å². The number of hydrogen-bond donors (Lipinski definition) is 3. The molecule has 4 aromatic heterocycles. The standard InChI is InChI=1S/C21H25ClN6O3S.C19H20ClN5O/c1-26(2)32(30,31)28-10-8-15(9-11-28)24-21-23-13-14-12-17(16-6-4-5-7-18(16)22)20(29)27(3)19(14)25-21;1-25-17-12(10-15(18(25)26)14-4-2-3-5-16(14)20)11-22-19(24-17)23-13-6-8-21-9-7-13/h4-7,12-13,15H,8-11H2,1-3H3,(H,23,24,25);2-5,10-11,13,21H,6-9H2,1H3,(H,22,23,24). The molecule has 18 heteroatoms. The Morgan fingerprint density at radius 2 is 1.12 bits per heavy atom. The molecule has 3 N–H and O–H groups in total. The second-order valence-corrected chi connectivity index (χ2v) is 17.5. The van der Waals surface area contributed by atoms with Gasteiger partial charge in [0.15, 0.2) is 0 Å². The van der Waals surface area contributed by atoms with Crippen LogP contribution in [0.15, 0.2) is 82.6 Å². The third-order valence-corrected chi connectivity index (χ3v) is 13.1. The van der Waals surface area contributed by atoms with Crippen LogP contribution in [-0.4, -0.2) is 98.5 Å².